The van der Waals surface area contributed by atoms with Gasteiger partial charge in [0, 0.05) is 6.54 Å². The molecule has 1 heterocycles. The molecule has 2 aromatic carbocycles. The van der Waals surface area contributed by atoms with Crippen molar-refractivity contribution in [3.05, 3.63) is 64.2 Å². The van der Waals surface area contributed by atoms with E-state index in [1.807, 2.05) is 6.92 Å². The largest absolute Gasteiger partial charge is 0.449 e. The number of amides is 3. The van der Waals surface area contributed by atoms with Crippen LogP contribution in [0.2, 0.25) is 5.02 Å². The predicted molar refractivity (Wildman–Crippen MR) is 107 cm³/mol. The van der Waals surface area contributed by atoms with Gasteiger partial charge in [0.2, 0.25) is 0 Å². The highest BCUT2D eigenvalue weighted by Gasteiger charge is 2.38. The van der Waals surface area contributed by atoms with E-state index in [9.17, 15) is 19.2 Å². The minimum Gasteiger partial charge on any atom is -0.449 e. The number of halogens is 1. The lowest BCUT2D eigenvalue weighted by Gasteiger charge is -2.15. The number of ether oxygens (including phenoxy) is 1. The van der Waals surface area contributed by atoms with E-state index in [0.717, 1.165) is 11.3 Å². The quantitative estimate of drug-likeness (QED) is 0.578. The van der Waals surface area contributed by atoms with Crippen molar-refractivity contribution in [3.63, 3.8) is 0 Å². The SMILES string of the molecule is CCCNC(=O)[C@H](C)OC(=O)c1ccc2c(c1)C(=O)N(c1ccccc1Cl)C2=O. The number of hydrogen-bond donors (Lipinski definition) is 1. The van der Waals surface area contributed by atoms with Crippen LogP contribution in [0.5, 0.6) is 0 Å². The summed E-state index contributed by atoms with van der Waals surface area (Å²) in [4.78, 5) is 50.7. The Bertz CT molecular complexity index is 1000. The molecular weight excluding hydrogens is 396 g/mol. The van der Waals surface area contributed by atoms with Gasteiger partial charge in [-0.1, -0.05) is 30.7 Å². The van der Waals surface area contributed by atoms with E-state index >= 15 is 0 Å². The summed E-state index contributed by atoms with van der Waals surface area (Å²) in [5.41, 5.74) is 0.583. The van der Waals surface area contributed by atoms with Gasteiger partial charge in [0.05, 0.1) is 27.4 Å². The van der Waals surface area contributed by atoms with Crippen molar-refractivity contribution in [1.29, 1.82) is 0 Å². The molecule has 1 aliphatic heterocycles. The minimum absolute atomic E-state index is 0.0704. The predicted octanol–water partition coefficient (Wildman–Crippen LogP) is 3.21. The summed E-state index contributed by atoms with van der Waals surface area (Å²) >= 11 is 6.12. The third-order valence-corrected chi connectivity index (χ3v) is 4.74. The maximum atomic E-state index is 12.8. The van der Waals surface area contributed by atoms with Crippen LogP contribution < -0.4 is 10.2 Å². The summed E-state index contributed by atoms with van der Waals surface area (Å²) in [6.07, 6.45) is -0.228. The summed E-state index contributed by atoms with van der Waals surface area (Å²) < 4.78 is 5.17. The molecule has 150 valence electrons. The molecule has 3 rings (SSSR count). The molecular formula is C21H19ClN2O5. The maximum Gasteiger partial charge on any atom is 0.338 e. The number of esters is 1. The number of para-hydroxylation sites is 1. The standard InChI is InChI=1S/C21H19ClN2O5/c1-3-10-23-18(25)12(2)29-21(28)13-8-9-14-15(11-13)20(27)24(19(14)26)17-7-5-4-6-16(17)22/h4-9,11-12H,3,10H2,1-2H3,(H,23,25)/t12-/m0/s1. The van der Waals surface area contributed by atoms with E-state index in [4.69, 9.17) is 16.3 Å². The number of imide groups is 1. The lowest BCUT2D eigenvalue weighted by Crippen LogP contribution is -2.36. The fourth-order valence-corrected chi connectivity index (χ4v) is 3.11. The number of benzene rings is 2. The third-order valence-electron chi connectivity index (χ3n) is 4.42. The number of rotatable bonds is 6. The zero-order valence-corrected chi connectivity index (χ0v) is 16.7. The van der Waals surface area contributed by atoms with Crippen LogP contribution in [0.25, 0.3) is 0 Å². The van der Waals surface area contributed by atoms with Crippen LogP contribution in [-0.4, -0.2) is 36.3 Å². The summed E-state index contributed by atoms with van der Waals surface area (Å²) in [6.45, 7) is 3.85. The highest BCUT2D eigenvalue weighted by atomic mass is 35.5. The monoisotopic (exact) mass is 414 g/mol. The summed E-state index contributed by atoms with van der Waals surface area (Å²) in [7, 11) is 0. The molecule has 0 aliphatic carbocycles. The van der Waals surface area contributed by atoms with Crippen molar-refractivity contribution in [2.45, 2.75) is 26.4 Å². The zero-order chi connectivity index (χ0) is 21.1. The van der Waals surface area contributed by atoms with Gasteiger partial charge < -0.3 is 10.1 Å². The molecule has 0 radical (unpaired) electrons. The van der Waals surface area contributed by atoms with Gasteiger partial charge in [-0.15, -0.1) is 0 Å². The van der Waals surface area contributed by atoms with E-state index < -0.39 is 29.8 Å². The average Bonchev–Trinajstić information content (AvgIpc) is 2.96. The van der Waals surface area contributed by atoms with Crippen LogP contribution in [-0.2, 0) is 9.53 Å². The van der Waals surface area contributed by atoms with Gasteiger partial charge in [-0.3, -0.25) is 14.4 Å². The lowest BCUT2D eigenvalue weighted by molar-refractivity contribution is -0.129. The van der Waals surface area contributed by atoms with Crippen LogP contribution in [0, 0.1) is 0 Å². The van der Waals surface area contributed by atoms with Gasteiger partial charge in [-0.05, 0) is 43.7 Å². The van der Waals surface area contributed by atoms with Gasteiger partial charge in [0.25, 0.3) is 17.7 Å². The second-order valence-corrected chi connectivity index (χ2v) is 6.90. The van der Waals surface area contributed by atoms with Gasteiger partial charge in [-0.2, -0.15) is 0 Å². The summed E-state index contributed by atoms with van der Waals surface area (Å²) in [5.74, 6) is -2.27. The van der Waals surface area contributed by atoms with Gasteiger partial charge in [0.1, 0.15) is 0 Å². The molecule has 1 N–H and O–H groups in total. The van der Waals surface area contributed by atoms with Crippen LogP contribution in [0.1, 0.15) is 51.3 Å². The maximum absolute atomic E-state index is 12.8. The molecule has 1 aliphatic rings. The molecule has 29 heavy (non-hydrogen) atoms. The van der Waals surface area contributed by atoms with Crippen molar-refractivity contribution in [2.75, 3.05) is 11.4 Å². The molecule has 2 aromatic rings. The Hall–Kier alpha value is -3.19. The lowest BCUT2D eigenvalue weighted by atomic mass is 10.1. The second-order valence-electron chi connectivity index (χ2n) is 6.50. The number of nitrogens with zero attached hydrogens (tertiary/aromatic N) is 1. The van der Waals surface area contributed by atoms with E-state index in [0.29, 0.717) is 6.54 Å². The molecule has 0 aromatic heterocycles. The number of nitrogens with one attached hydrogen (secondary N) is 1. The average molecular weight is 415 g/mol. The number of hydrogen-bond acceptors (Lipinski definition) is 5. The fourth-order valence-electron chi connectivity index (χ4n) is 2.89. The van der Waals surface area contributed by atoms with Crippen molar-refractivity contribution < 1.29 is 23.9 Å². The van der Waals surface area contributed by atoms with Crippen LogP contribution in [0.3, 0.4) is 0 Å². The number of carbonyl (C=O) groups is 4. The normalized spacial score (nSPS) is 13.8. The van der Waals surface area contributed by atoms with E-state index in [2.05, 4.69) is 5.32 Å². The molecule has 0 unspecified atom stereocenters. The fraction of sp³-hybridized carbons (Fsp3) is 0.238. The third kappa shape index (κ3) is 4.00. The van der Waals surface area contributed by atoms with E-state index in [1.54, 1.807) is 24.3 Å². The first-order valence-electron chi connectivity index (χ1n) is 9.11. The van der Waals surface area contributed by atoms with E-state index in [-0.39, 0.29) is 27.4 Å². The first-order valence-corrected chi connectivity index (χ1v) is 9.49. The van der Waals surface area contributed by atoms with Crippen molar-refractivity contribution in [2.24, 2.45) is 0 Å². The smallest absolute Gasteiger partial charge is 0.338 e. The van der Waals surface area contributed by atoms with Crippen LogP contribution in [0.15, 0.2) is 42.5 Å². The van der Waals surface area contributed by atoms with Crippen molar-refractivity contribution >= 4 is 41.0 Å². The number of anilines is 1. The Balaban J connectivity index is 1.82. The Morgan fingerprint density at radius 2 is 1.79 bits per heavy atom. The molecule has 3 amide bonds. The molecule has 1 atom stereocenters. The Labute approximate surface area is 172 Å². The van der Waals surface area contributed by atoms with Gasteiger partial charge >= 0.3 is 5.97 Å². The highest BCUT2D eigenvalue weighted by molar-refractivity contribution is 6.39. The van der Waals surface area contributed by atoms with Crippen molar-refractivity contribution in [3.8, 4) is 0 Å². The summed E-state index contributed by atoms with van der Waals surface area (Å²) in [6, 6.07) is 10.6. The van der Waals surface area contributed by atoms with Crippen molar-refractivity contribution in [1.82, 2.24) is 5.32 Å². The molecule has 0 spiro atoms. The Kier molecular flexibility index (Phi) is 5.98. The molecule has 0 saturated carbocycles. The van der Waals surface area contributed by atoms with Gasteiger partial charge in [-0.25, -0.2) is 9.69 Å². The minimum atomic E-state index is -0.987. The molecule has 0 bridgehead atoms. The topological polar surface area (TPSA) is 92.8 Å². The van der Waals surface area contributed by atoms with Crippen LogP contribution >= 0.6 is 11.6 Å². The first kappa shape index (κ1) is 20.5. The Morgan fingerprint density at radius 3 is 2.48 bits per heavy atom. The molecule has 8 heteroatoms. The second kappa shape index (κ2) is 8.45. The zero-order valence-electron chi connectivity index (χ0n) is 15.9. The molecule has 0 saturated heterocycles. The summed E-state index contributed by atoms with van der Waals surface area (Å²) in [5, 5.41) is 2.90. The van der Waals surface area contributed by atoms with Gasteiger partial charge in [0.15, 0.2) is 6.10 Å². The number of fused-ring (bicyclic) bond motifs is 1. The first-order chi connectivity index (χ1) is 13.8. The highest BCUT2D eigenvalue weighted by Crippen LogP contribution is 2.33. The van der Waals surface area contributed by atoms with E-state index in [1.165, 1.54) is 25.1 Å². The Morgan fingerprint density at radius 1 is 1.10 bits per heavy atom. The molecule has 7 nitrogen and oxygen atoms in total. The van der Waals surface area contributed by atoms with Crippen LogP contribution in [0.4, 0.5) is 5.69 Å². The molecule has 0 fully saturated rings. The number of carbonyl (C=O) groups excluding carboxylic acids is 4.